The highest BCUT2D eigenvalue weighted by atomic mass is 16.6. The van der Waals surface area contributed by atoms with Crippen LogP contribution in [0.2, 0.25) is 0 Å². The minimum atomic E-state index is -0.948. The highest BCUT2D eigenvalue weighted by Gasteiger charge is 2.25. The van der Waals surface area contributed by atoms with E-state index in [1.54, 1.807) is 20.8 Å². The number of esters is 1. The molecule has 0 radical (unpaired) electrons. The summed E-state index contributed by atoms with van der Waals surface area (Å²) in [6, 6.07) is 0.291. The van der Waals surface area contributed by atoms with Crippen LogP contribution in [-0.2, 0) is 16.6 Å². The number of carbonyl (C=O) groups is 1. The van der Waals surface area contributed by atoms with Gasteiger partial charge in [0.15, 0.2) is 0 Å². The predicted octanol–water partition coefficient (Wildman–Crippen LogP) is 0.450. The molecule has 0 aromatic carbocycles. The summed E-state index contributed by atoms with van der Waals surface area (Å²) in [7, 11) is 1.51. The van der Waals surface area contributed by atoms with Crippen molar-refractivity contribution in [1.82, 2.24) is 9.13 Å². The molecule has 1 heterocycles. The summed E-state index contributed by atoms with van der Waals surface area (Å²) in [6.07, 6.45) is 1.36. The summed E-state index contributed by atoms with van der Waals surface area (Å²) in [4.78, 5) is 35.3. The van der Waals surface area contributed by atoms with Gasteiger partial charge in [0.2, 0.25) is 0 Å². The fraction of sp³-hybridized carbons (Fsp3) is 0.583. The fourth-order valence-electron chi connectivity index (χ4n) is 1.43. The van der Waals surface area contributed by atoms with Crippen LogP contribution in [0.1, 0.15) is 33.7 Å². The Morgan fingerprint density at radius 3 is 2.39 bits per heavy atom. The minimum absolute atomic E-state index is 0.517. The molecule has 1 unspecified atom stereocenters. The van der Waals surface area contributed by atoms with Gasteiger partial charge in [-0.15, -0.1) is 0 Å². The maximum Gasteiger partial charge on any atom is 0.331 e. The number of aryl methyl sites for hydroxylation is 1. The zero-order valence-electron chi connectivity index (χ0n) is 11.3. The van der Waals surface area contributed by atoms with Crippen molar-refractivity contribution in [2.45, 2.75) is 39.3 Å². The molecule has 0 aliphatic carbocycles. The van der Waals surface area contributed by atoms with Gasteiger partial charge in [-0.1, -0.05) is 0 Å². The zero-order valence-corrected chi connectivity index (χ0v) is 11.3. The summed E-state index contributed by atoms with van der Waals surface area (Å²) >= 11 is 0. The van der Waals surface area contributed by atoms with Crippen molar-refractivity contribution < 1.29 is 9.53 Å². The van der Waals surface area contributed by atoms with E-state index in [1.807, 2.05) is 0 Å². The van der Waals surface area contributed by atoms with Gasteiger partial charge in [-0.05, 0) is 27.7 Å². The molecule has 100 valence electrons. The van der Waals surface area contributed by atoms with Crippen molar-refractivity contribution in [3.8, 4) is 0 Å². The molecule has 0 N–H and O–H groups in total. The molecule has 0 saturated carbocycles. The van der Waals surface area contributed by atoms with E-state index in [4.69, 9.17) is 4.74 Å². The minimum Gasteiger partial charge on any atom is -0.458 e. The third-order valence-electron chi connectivity index (χ3n) is 2.32. The van der Waals surface area contributed by atoms with Crippen LogP contribution in [0, 0.1) is 0 Å². The lowest BCUT2D eigenvalue weighted by atomic mass is 10.2. The quantitative estimate of drug-likeness (QED) is 0.718. The molecule has 0 aliphatic heterocycles. The first-order valence-electron chi connectivity index (χ1n) is 5.64. The van der Waals surface area contributed by atoms with Gasteiger partial charge in [0, 0.05) is 19.3 Å². The first-order valence-corrected chi connectivity index (χ1v) is 5.64. The van der Waals surface area contributed by atoms with Crippen LogP contribution in [0.4, 0.5) is 0 Å². The van der Waals surface area contributed by atoms with Crippen LogP contribution in [0.3, 0.4) is 0 Å². The van der Waals surface area contributed by atoms with E-state index in [0.717, 1.165) is 4.57 Å². The molecule has 0 bridgehead atoms. The highest BCUT2D eigenvalue weighted by molar-refractivity contribution is 5.74. The van der Waals surface area contributed by atoms with Gasteiger partial charge in [0.05, 0.1) is 0 Å². The van der Waals surface area contributed by atoms with Crippen molar-refractivity contribution in [2.24, 2.45) is 7.05 Å². The van der Waals surface area contributed by atoms with Crippen LogP contribution in [0.5, 0.6) is 0 Å². The summed E-state index contributed by atoms with van der Waals surface area (Å²) < 4.78 is 7.28. The van der Waals surface area contributed by atoms with Gasteiger partial charge in [0.25, 0.3) is 5.56 Å². The molecule has 1 aromatic heterocycles. The molecular weight excluding hydrogens is 236 g/mol. The summed E-state index contributed by atoms with van der Waals surface area (Å²) in [5, 5.41) is 0. The van der Waals surface area contributed by atoms with E-state index < -0.39 is 28.9 Å². The van der Waals surface area contributed by atoms with E-state index in [1.165, 1.54) is 30.8 Å². The van der Waals surface area contributed by atoms with E-state index in [9.17, 15) is 14.4 Å². The van der Waals surface area contributed by atoms with Crippen molar-refractivity contribution >= 4 is 5.97 Å². The Hall–Kier alpha value is -1.85. The maximum absolute atomic E-state index is 11.8. The van der Waals surface area contributed by atoms with E-state index in [0.29, 0.717) is 0 Å². The fourth-order valence-corrected chi connectivity index (χ4v) is 1.43. The van der Waals surface area contributed by atoms with Gasteiger partial charge < -0.3 is 9.30 Å². The van der Waals surface area contributed by atoms with Crippen LogP contribution >= 0.6 is 0 Å². The number of nitrogens with zero attached hydrogens (tertiary/aromatic N) is 2. The lowest BCUT2D eigenvalue weighted by Crippen LogP contribution is -2.43. The normalized spacial score (nSPS) is 13.2. The van der Waals surface area contributed by atoms with Crippen LogP contribution in [0.15, 0.2) is 21.9 Å². The Morgan fingerprint density at radius 1 is 1.33 bits per heavy atom. The maximum atomic E-state index is 11.8. The monoisotopic (exact) mass is 254 g/mol. The smallest absolute Gasteiger partial charge is 0.331 e. The van der Waals surface area contributed by atoms with E-state index in [-0.39, 0.29) is 0 Å². The first kappa shape index (κ1) is 14.2. The molecule has 0 saturated heterocycles. The van der Waals surface area contributed by atoms with Gasteiger partial charge in [-0.25, -0.2) is 14.2 Å². The van der Waals surface area contributed by atoms with Crippen LogP contribution in [-0.4, -0.2) is 20.7 Å². The van der Waals surface area contributed by atoms with Crippen molar-refractivity contribution in [3.63, 3.8) is 0 Å². The Morgan fingerprint density at radius 2 is 1.89 bits per heavy atom. The first-order chi connectivity index (χ1) is 8.13. The Kier molecular flexibility index (Phi) is 3.79. The molecule has 1 aromatic rings. The summed E-state index contributed by atoms with van der Waals surface area (Å²) in [5.74, 6) is -0.604. The van der Waals surface area contributed by atoms with Gasteiger partial charge in [-0.2, -0.15) is 0 Å². The average Bonchev–Trinajstić information content (AvgIpc) is 2.21. The van der Waals surface area contributed by atoms with Crippen molar-refractivity contribution in [3.05, 3.63) is 33.1 Å². The molecule has 0 aliphatic rings. The highest BCUT2D eigenvalue weighted by Crippen LogP contribution is 2.12. The predicted molar refractivity (Wildman–Crippen MR) is 66.5 cm³/mol. The zero-order chi connectivity index (χ0) is 14.1. The third-order valence-corrected chi connectivity index (χ3v) is 2.32. The molecular formula is C12H18N2O4. The summed E-state index contributed by atoms with van der Waals surface area (Å²) in [5.41, 5.74) is -1.72. The number of aromatic nitrogens is 2. The molecule has 6 nitrogen and oxygen atoms in total. The lowest BCUT2D eigenvalue weighted by molar-refractivity contribution is -0.158. The van der Waals surface area contributed by atoms with Crippen molar-refractivity contribution in [1.29, 1.82) is 0 Å². The molecule has 6 heteroatoms. The van der Waals surface area contributed by atoms with E-state index >= 15 is 0 Å². The molecule has 1 atom stereocenters. The van der Waals surface area contributed by atoms with Gasteiger partial charge >= 0.3 is 11.7 Å². The lowest BCUT2D eigenvalue weighted by Gasteiger charge is -2.22. The van der Waals surface area contributed by atoms with Crippen LogP contribution < -0.4 is 11.2 Å². The topological polar surface area (TPSA) is 70.3 Å². The van der Waals surface area contributed by atoms with E-state index in [2.05, 4.69) is 0 Å². The Balaban J connectivity index is 3.16. The number of ether oxygens (including phenoxy) is 1. The number of hydrogen-bond donors (Lipinski definition) is 0. The average molecular weight is 254 g/mol. The molecule has 1 rings (SSSR count). The number of hydrogen-bond acceptors (Lipinski definition) is 4. The molecule has 0 spiro atoms. The third kappa shape index (κ3) is 3.09. The Labute approximate surface area is 105 Å². The summed E-state index contributed by atoms with van der Waals surface area (Å²) in [6.45, 7) is 6.65. The second kappa shape index (κ2) is 4.80. The molecule has 18 heavy (non-hydrogen) atoms. The van der Waals surface area contributed by atoms with Crippen molar-refractivity contribution in [2.75, 3.05) is 0 Å². The number of rotatable bonds is 2. The van der Waals surface area contributed by atoms with Gasteiger partial charge in [0.1, 0.15) is 11.6 Å². The Bertz CT molecular complexity index is 563. The SMILES string of the molecule is CC(C(=O)OC(C)(C)C)n1c(=O)ccn(C)c1=O. The second-order valence-electron chi connectivity index (χ2n) is 5.13. The standard InChI is InChI=1S/C12H18N2O4/c1-8(10(16)18-12(2,3)4)14-9(15)6-7-13(5)11(14)17/h6-8H,1-5H3. The molecule has 0 amide bonds. The second-order valence-corrected chi connectivity index (χ2v) is 5.13. The van der Waals surface area contributed by atoms with Crippen LogP contribution in [0.25, 0.3) is 0 Å². The van der Waals surface area contributed by atoms with Gasteiger partial charge in [-0.3, -0.25) is 4.79 Å². The largest absolute Gasteiger partial charge is 0.458 e. The molecule has 0 fully saturated rings. The number of carbonyl (C=O) groups excluding carboxylic acids is 1.